The summed E-state index contributed by atoms with van der Waals surface area (Å²) in [7, 11) is 0. The van der Waals surface area contributed by atoms with Gasteiger partial charge in [0.15, 0.2) is 5.76 Å². The number of carboxylic acids is 1. The van der Waals surface area contributed by atoms with Gasteiger partial charge in [0.2, 0.25) is 12.3 Å². The number of rotatable bonds is 14. The zero-order valence-electron chi connectivity index (χ0n) is 20.2. The first kappa shape index (κ1) is 27.6. The monoisotopic (exact) mass is 487 g/mol. The molecule has 0 saturated carbocycles. The molecular weight excluding hydrogens is 454 g/mol. The van der Waals surface area contributed by atoms with Crippen LogP contribution in [-0.2, 0) is 9.59 Å². The minimum Gasteiger partial charge on any atom is -0.478 e. The van der Waals surface area contributed by atoms with Crippen LogP contribution in [0.25, 0.3) is 11.3 Å². The molecule has 0 saturated heterocycles. The van der Waals surface area contributed by atoms with Crippen molar-refractivity contribution in [1.82, 2.24) is 15.7 Å². The van der Waals surface area contributed by atoms with E-state index in [1.54, 1.807) is 32.0 Å². The maximum Gasteiger partial charge on any atom is 0.335 e. The second kappa shape index (κ2) is 13.3. The van der Waals surface area contributed by atoms with Crippen LogP contribution in [0.1, 0.15) is 72.4 Å². The van der Waals surface area contributed by atoms with Crippen molar-refractivity contribution in [2.45, 2.75) is 58.9 Å². The maximum atomic E-state index is 12.8. The Balaban J connectivity index is 2.01. The van der Waals surface area contributed by atoms with Crippen molar-refractivity contribution in [3.8, 4) is 11.3 Å². The van der Waals surface area contributed by atoms with Crippen LogP contribution in [0.3, 0.4) is 0 Å². The molecule has 1 aromatic heterocycles. The van der Waals surface area contributed by atoms with E-state index in [-0.39, 0.29) is 30.3 Å². The number of unbranched alkanes of at least 4 members (excludes halogenated alkanes) is 2. The van der Waals surface area contributed by atoms with Crippen LogP contribution in [-0.4, -0.2) is 52.3 Å². The van der Waals surface area contributed by atoms with Gasteiger partial charge < -0.3 is 20.2 Å². The van der Waals surface area contributed by atoms with Gasteiger partial charge >= 0.3 is 5.97 Å². The van der Waals surface area contributed by atoms with Gasteiger partial charge in [-0.3, -0.25) is 19.6 Å². The van der Waals surface area contributed by atoms with Crippen molar-refractivity contribution < 1.29 is 33.9 Å². The molecule has 0 aliphatic heterocycles. The number of aromatic carboxylic acids is 1. The highest BCUT2D eigenvalue weighted by Crippen LogP contribution is 2.25. The molecule has 0 spiro atoms. The topological polar surface area (TPSA) is 149 Å². The van der Waals surface area contributed by atoms with Gasteiger partial charge in [0.1, 0.15) is 5.76 Å². The van der Waals surface area contributed by atoms with Crippen molar-refractivity contribution in [2.75, 3.05) is 6.67 Å². The Morgan fingerprint density at radius 2 is 1.86 bits per heavy atom. The van der Waals surface area contributed by atoms with E-state index in [9.17, 15) is 29.5 Å². The molecule has 0 aliphatic carbocycles. The fourth-order valence-electron chi connectivity index (χ4n) is 3.90. The number of benzene rings is 1. The number of hydrogen-bond acceptors (Lipinski definition) is 6. The van der Waals surface area contributed by atoms with E-state index in [0.717, 1.165) is 19.3 Å². The van der Waals surface area contributed by atoms with Crippen LogP contribution >= 0.6 is 0 Å². The fraction of sp³-hybridized carbons (Fsp3) is 0.440. The number of nitrogens with zero attached hydrogens (tertiary/aromatic N) is 1. The average Bonchev–Trinajstić information content (AvgIpc) is 3.33. The maximum absolute atomic E-state index is 12.8. The summed E-state index contributed by atoms with van der Waals surface area (Å²) in [6.45, 7) is 5.34. The normalized spacial score (nSPS) is 12.5. The first-order chi connectivity index (χ1) is 16.7. The van der Waals surface area contributed by atoms with Crippen molar-refractivity contribution >= 4 is 24.2 Å². The van der Waals surface area contributed by atoms with Crippen LogP contribution in [0.2, 0.25) is 0 Å². The summed E-state index contributed by atoms with van der Waals surface area (Å²) in [5.74, 6) is -2.29. The van der Waals surface area contributed by atoms with Crippen molar-refractivity contribution in [1.29, 1.82) is 0 Å². The van der Waals surface area contributed by atoms with E-state index >= 15 is 0 Å². The van der Waals surface area contributed by atoms with E-state index in [1.165, 1.54) is 12.1 Å². The van der Waals surface area contributed by atoms with Crippen molar-refractivity contribution in [3.63, 3.8) is 0 Å². The summed E-state index contributed by atoms with van der Waals surface area (Å²) in [5.41, 5.74) is 1.27. The Hall–Kier alpha value is -3.66. The third kappa shape index (κ3) is 7.41. The second-order valence-corrected chi connectivity index (χ2v) is 8.29. The summed E-state index contributed by atoms with van der Waals surface area (Å²) in [6.07, 6.45) is 3.82. The number of hydroxylamine groups is 2. The van der Waals surface area contributed by atoms with Gasteiger partial charge in [-0.2, -0.15) is 0 Å². The van der Waals surface area contributed by atoms with E-state index < -0.39 is 23.8 Å². The van der Waals surface area contributed by atoms with Gasteiger partial charge in [-0.1, -0.05) is 45.2 Å². The summed E-state index contributed by atoms with van der Waals surface area (Å²) < 4.78 is 5.58. The fourth-order valence-corrected chi connectivity index (χ4v) is 3.90. The molecule has 0 fully saturated rings. The quantitative estimate of drug-likeness (QED) is 0.105. The molecule has 1 aromatic carbocycles. The lowest BCUT2D eigenvalue weighted by molar-refractivity contribution is -0.168. The van der Waals surface area contributed by atoms with E-state index in [1.807, 2.05) is 6.92 Å². The van der Waals surface area contributed by atoms with Crippen LogP contribution in [0.5, 0.6) is 0 Å². The third-order valence-electron chi connectivity index (χ3n) is 5.88. The molecule has 2 atom stereocenters. The first-order valence-corrected chi connectivity index (χ1v) is 11.7. The number of nitrogens with one attached hydrogen (secondary N) is 2. The Morgan fingerprint density at radius 3 is 2.49 bits per heavy atom. The Morgan fingerprint density at radius 1 is 1.11 bits per heavy atom. The lowest BCUT2D eigenvalue weighted by Crippen LogP contribution is -2.47. The van der Waals surface area contributed by atoms with Crippen molar-refractivity contribution in [2.24, 2.45) is 5.92 Å². The summed E-state index contributed by atoms with van der Waals surface area (Å²) in [4.78, 5) is 47.7. The van der Waals surface area contributed by atoms with Crippen LogP contribution < -0.4 is 10.6 Å². The zero-order valence-corrected chi connectivity index (χ0v) is 20.2. The molecular formula is C25H33N3O7. The van der Waals surface area contributed by atoms with Crippen LogP contribution in [0.15, 0.2) is 34.7 Å². The SMILES string of the molecule is CCCCC[C@@H](C(=O)NCNC(=O)c1ccc(-c2ccc(C)c(C(=O)O)c2)o1)[C@@H](CC)N(O)C=O. The number of amides is 3. The van der Waals surface area contributed by atoms with E-state index in [4.69, 9.17) is 4.42 Å². The minimum atomic E-state index is -1.06. The van der Waals surface area contributed by atoms with Crippen molar-refractivity contribution in [3.05, 3.63) is 47.2 Å². The summed E-state index contributed by atoms with van der Waals surface area (Å²) in [5, 5.41) is 24.9. The number of carboxylic acid groups (broad SMARTS) is 1. The van der Waals surface area contributed by atoms with Crippen LogP contribution in [0, 0.1) is 12.8 Å². The van der Waals surface area contributed by atoms with Gasteiger partial charge in [0.25, 0.3) is 5.91 Å². The first-order valence-electron chi connectivity index (χ1n) is 11.7. The Kier molecular flexibility index (Phi) is 10.5. The largest absolute Gasteiger partial charge is 0.478 e. The molecule has 4 N–H and O–H groups in total. The summed E-state index contributed by atoms with van der Waals surface area (Å²) in [6, 6.07) is 7.20. The van der Waals surface area contributed by atoms with Gasteiger partial charge in [0.05, 0.1) is 24.2 Å². The predicted molar refractivity (Wildman–Crippen MR) is 128 cm³/mol. The molecule has 0 bridgehead atoms. The molecule has 35 heavy (non-hydrogen) atoms. The number of aryl methyl sites for hydroxylation is 1. The molecule has 1 heterocycles. The van der Waals surface area contributed by atoms with Gasteiger partial charge in [-0.15, -0.1) is 0 Å². The second-order valence-electron chi connectivity index (χ2n) is 8.29. The van der Waals surface area contributed by atoms with Gasteiger partial charge in [-0.05, 0) is 43.5 Å². The molecule has 3 amide bonds. The highest BCUT2D eigenvalue weighted by Gasteiger charge is 2.30. The zero-order chi connectivity index (χ0) is 26.0. The van der Waals surface area contributed by atoms with Crippen LogP contribution in [0.4, 0.5) is 0 Å². The standard InChI is InChI=1S/C25H33N3O7/c1-4-6-7-8-18(20(5-2)28(34)15-29)23(30)26-14-27-24(31)22-12-11-21(35-22)17-10-9-16(3)19(13-17)25(32)33/h9-13,15,18,20,34H,4-8,14H2,1-3H3,(H,26,30)(H,27,31)(H,32,33)/t18-,20-/m1/s1. The molecule has 0 unspecified atom stereocenters. The number of hydrogen-bond donors (Lipinski definition) is 4. The minimum absolute atomic E-state index is 0.000109. The molecule has 2 aromatic rings. The summed E-state index contributed by atoms with van der Waals surface area (Å²) >= 11 is 0. The lowest BCUT2D eigenvalue weighted by atomic mass is 9.90. The molecule has 2 rings (SSSR count). The molecule has 0 aliphatic rings. The highest BCUT2D eigenvalue weighted by atomic mass is 16.5. The average molecular weight is 488 g/mol. The Bertz CT molecular complexity index is 1030. The molecule has 0 radical (unpaired) electrons. The number of carbonyl (C=O) groups is 4. The van der Waals surface area contributed by atoms with Gasteiger partial charge in [0, 0.05) is 5.56 Å². The smallest absolute Gasteiger partial charge is 0.335 e. The predicted octanol–water partition coefficient (Wildman–Crippen LogP) is 3.58. The Labute approximate surface area is 204 Å². The van der Waals surface area contributed by atoms with E-state index in [2.05, 4.69) is 10.6 Å². The number of carbonyl (C=O) groups excluding carboxylic acids is 3. The third-order valence-corrected chi connectivity index (χ3v) is 5.88. The number of furan rings is 1. The van der Waals surface area contributed by atoms with Gasteiger partial charge in [-0.25, -0.2) is 9.86 Å². The molecule has 190 valence electrons. The molecule has 10 heteroatoms. The lowest BCUT2D eigenvalue weighted by Gasteiger charge is -2.29. The molecule has 10 nitrogen and oxygen atoms in total. The highest BCUT2D eigenvalue weighted by molar-refractivity contribution is 5.93. The van der Waals surface area contributed by atoms with E-state index in [0.29, 0.717) is 34.8 Å².